The zero-order chi connectivity index (χ0) is 16.4. The van der Waals surface area contributed by atoms with Crippen molar-refractivity contribution in [1.82, 2.24) is 15.1 Å². The molecule has 5 nitrogen and oxygen atoms in total. The summed E-state index contributed by atoms with van der Waals surface area (Å²) in [5.41, 5.74) is 1.26. The van der Waals surface area contributed by atoms with Crippen LogP contribution in [-0.2, 0) is 4.74 Å². The van der Waals surface area contributed by atoms with Gasteiger partial charge in [0.05, 0.1) is 6.04 Å². The van der Waals surface area contributed by atoms with E-state index in [0.717, 1.165) is 58.5 Å². The van der Waals surface area contributed by atoms with Crippen LogP contribution in [0.3, 0.4) is 0 Å². The number of nitrogens with one attached hydrogen (secondary N) is 1. The Morgan fingerprint density at radius 2 is 1.67 bits per heavy atom. The van der Waals surface area contributed by atoms with E-state index >= 15 is 0 Å². The minimum absolute atomic E-state index is 0.185. The lowest BCUT2D eigenvalue weighted by atomic mass is 10.00. The third kappa shape index (κ3) is 3.03. The van der Waals surface area contributed by atoms with Gasteiger partial charge in [0.1, 0.15) is 0 Å². The largest absolute Gasteiger partial charge is 0.381 e. The van der Waals surface area contributed by atoms with Gasteiger partial charge in [-0.3, -0.25) is 0 Å². The molecule has 4 rings (SSSR count). The van der Waals surface area contributed by atoms with Crippen molar-refractivity contribution in [2.75, 3.05) is 32.8 Å². The van der Waals surface area contributed by atoms with Gasteiger partial charge in [0, 0.05) is 31.8 Å². The van der Waals surface area contributed by atoms with Crippen LogP contribution >= 0.6 is 0 Å². The Bertz CT molecular complexity index is 553. The fourth-order valence-electron chi connectivity index (χ4n) is 4.37. The van der Waals surface area contributed by atoms with E-state index in [0.29, 0.717) is 12.1 Å². The van der Waals surface area contributed by atoms with Crippen LogP contribution in [0, 0.1) is 0 Å². The summed E-state index contributed by atoms with van der Waals surface area (Å²) in [6.07, 6.45) is 4.04. The number of rotatable bonds is 3. The first-order valence-corrected chi connectivity index (χ1v) is 9.27. The maximum atomic E-state index is 13.3. The summed E-state index contributed by atoms with van der Waals surface area (Å²) in [6, 6.07) is 11.7. The molecule has 1 atom stereocenters. The van der Waals surface area contributed by atoms with Crippen molar-refractivity contribution in [2.24, 2.45) is 0 Å². The minimum atomic E-state index is 0.185. The molecule has 0 bridgehead atoms. The number of carbonyl (C=O) groups is 1. The van der Waals surface area contributed by atoms with Gasteiger partial charge in [-0.2, -0.15) is 0 Å². The molecule has 24 heavy (non-hydrogen) atoms. The maximum Gasteiger partial charge on any atom is 0.321 e. The lowest BCUT2D eigenvalue weighted by Crippen LogP contribution is -2.48. The number of amides is 2. The van der Waals surface area contributed by atoms with Crippen LogP contribution < -0.4 is 5.32 Å². The lowest BCUT2D eigenvalue weighted by molar-refractivity contribution is 0.0498. The highest BCUT2D eigenvalue weighted by molar-refractivity contribution is 5.78. The van der Waals surface area contributed by atoms with E-state index in [4.69, 9.17) is 4.74 Å². The molecule has 2 amide bonds. The van der Waals surface area contributed by atoms with Crippen molar-refractivity contribution in [3.8, 4) is 0 Å². The average molecular weight is 329 g/mol. The third-order valence-corrected chi connectivity index (χ3v) is 5.69. The summed E-state index contributed by atoms with van der Waals surface area (Å²) in [5.74, 6) is 0. The Balaban J connectivity index is 1.60. The van der Waals surface area contributed by atoms with E-state index in [-0.39, 0.29) is 12.1 Å². The van der Waals surface area contributed by atoms with Crippen molar-refractivity contribution >= 4 is 6.03 Å². The molecule has 5 heteroatoms. The third-order valence-electron chi connectivity index (χ3n) is 5.69. The van der Waals surface area contributed by atoms with Crippen LogP contribution in [0.2, 0.25) is 0 Å². The molecule has 1 N–H and O–H groups in total. The highest BCUT2D eigenvalue weighted by atomic mass is 16.5. The Morgan fingerprint density at radius 3 is 2.38 bits per heavy atom. The summed E-state index contributed by atoms with van der Waals surface area (Å²) in [5, 5.41) is 3.41. The number of nitrogens with zero attached hydrogens (tertiary/aromatic N) is 2. The fourth-order valence-corrected chi connectivity index (χ4v) is 4.37. The van der Waals surface area contributed by atoms with Crippen molar-refractivity contribution in [3.05, 3.63) is 35.9 Å². The molecule has 0 radical (unpaired) electrons. The smallest absolute Gasteiger partial charge is 0.321 e. The Morgan fingerprint density at radius 1 is 0.958 bits per heavy atom. The van der Waals surface area contributed by atoms with Gasteiger partial charge in [-0.05, 0) is 44.3 Å². The lowest BCUT2D eigenvalue weighted by Gasteiger charge is -2.36. The maximum absolute atomic E-state index is 13.3. The van der Waals surface area contributed by atoms with Crippen molar-refractivity contribution in [2.45, 2.75) is 43.8 Å². The van der Waals surface area contributed by atoms with Crippen LogP contribution in [-0.4, -0.2) is 60.8 Å². The number of ether oxygens (including phenoxy) is 1. The van der Waals surface area contributed by atoms with Crippen molar-refractivity contribution in [1.29, 1.82) is 0 Å². The molecule has 0 aromatic heterocycles. The molecule has 1 aromatic rings. The van der Waals surface area contributed by atoms with E-state index in [9.17, 15) is 4.79 Å². The fraction of sp³-hybridized carbons (Fsp3) is 0.632. The molecular formula is C19H27N3O2. The molecule has 0 spiro atoms. The standard InChI is InChI=1S/C19H27N3O2/c23-19-21(16-8-12-24-13-9-16)14-18(15-4-2-1-3-5-15)22(19)17-6-10-20-11-7-17/h1-5,16-18,20H,6-14H2. The van der Waals surface area contributed by atoms with Gasteiger partial charge in [0.15, 0.2) is 0 Å². The Hall–Kier alpha value is -1.59. The molecule has 3 aliphatic rings. The predicted molar refractivity (Wildman–Crippen MR) is 92.9 cm³/mol. The van der Waals surface area contributed by atoms with Crippen LogP contribution in [0.4, 0.5) is 4.79 Å². The number of benzene rings is 1. The van der Waals surface area contributed by atoms with E-state index in [1.807, 2.05) is 6.07 Å². The molecular weight excluding hydrogens is 302 g/mol. The quantitative estimate of drug-likeness (QED) is 0.926. The molecule has 3 heterocycles. The number of hydrogen-bond donors (Lipinski definition) is 1. The molecule has 1 aromatic carbocycles. The molecule has 3 fully saturated rings. The van der Waals surface area contributed by atoms with Crippen LogP contribution in [0.5, 0.6) is 0 Å². The normalized spacial score (nSPS) is 27.0. The van der Waals surface area contributed by atoms with Gasteiger partial charge >= 0.3 is 6.03 Å². The summed E-state index contributed by atoms with van der Waals surface area (Å²) in [7, 11) is 0. The van der Waals surface area contributed by atoms with Crippen LogP contribution in [0.1, 0.15) is 37.3 Å². The van der Waals surface area contributed by atoms with Gasteiger partial charge in [-0.25, -0.2) is 4.79 Å². The van der Waals surface area contributed by atoms with Gasteiger partial charge in [-0.1, -0.05) is 30.3 Å². The second kappa shape index (κ2) is 7.11. The SMILES string of the molecule is O=C1N(C2CCOCC2)CC(c2ccccc2)N1C1CCNCC1. The van der Waals surface area contributed by atoms with Crippen LogP contribution in [0.25, 0.3) is 0 Å². The zero-order valence-electron chi connectivity index (χ0n) is 14.2. The van der Waals surface area contributed by atoms with Gasteiger partial charge in [0.25, 0.3) is 0 Å². The van der Waals surface area contributed by atoms with Gasteiger partial charge < -0.3 is 19.9 Å². The number of hydrogen-bond acceptors (Lipinski definition) is 3. The summed E-state index contributed by atoms with van der Waals surface area (Å²) < 4.78 is 5.49. The van der Waals surface area contributed by atoms with E-state index in [2.05, 4.69) is 39.4 Å². The first-order chi connectivity index (χ1) is 11.8. The van der Waals surface area contributed by atoms with E-state index < -0.39 is 0 Å². The second-order valence-corrected chi connectivity index (χ2v) is 7.09. The Labute approximate surface area is 144 Å². The van der Waals surface area contributed by atoms with E-state index in [1.54, 1.807) is 0 Å². The number of piperidine rings is 1. The van der Waals surface area contributed by atoms with Crippen molar-refractivity contribution in [3.63, 3.8) is 0 Å². The number of carbonyl (C=O) groups excluding carboxylic acids is 1. The molecule has 1 unspecified atom stereocenters. The highest BCUT2D eigenvalue weighted by Crippen LogP contribution is 2.36. The molecule has 3 saturated heterocycles. The number of urea groups is 1. The molecule has 130 valence electrons. The monoisotopic (exact) mass is 329 g/mol. The molecule has 0 saturated carbocycles. The van der Waals surface area contributed by atoms with Gasteiger partial charge in [0.2, 0.25) is 0 Å². The van der Waals surface area contributed by atoms with Crippen molar-refractivity contribution < 1.29 is 9.53 Å². The first kappa shape index (κ1) is 15.9. The average Bonchev–Trinajstić information content (AvgIpc) is 3.01. The zero-order valence-corrected chi connectivity index (χ0v) is 14.2. The minimum Gasteiger partial charge on any atom is -0.381 e. The highest BCUT2D eigenvalue weighted by Gasteiger charge is 2.44. The Kier molecular flexibility index (Phi) is 4.72. The van der Waals surface area contributed by atoms with E-state index in [1.165, 1.54) is 5.56 Å². The summed E-state index contributed by atoms with van der Waals surface area (Å²) in [4.78, 5) is 17.6. The first-order valence-electron chi connectivity index (χ1n) is 9.27. The van der Waals surface area contributed by atoms with Crippen LogP contribution in [0.15, 0.2) is 30.3 Å². The summed E-state index contributed by atoms with van der Waals surface area (Å²) >= 11 is 0. The molecule has 0 aliphatic carbocycles. The topological polar surface area (TPSA) is 44.8 Å². The molecule has 3 aliphatic heterocycles. The summed E-state index contributed by atoms with van der Waals surface area (Å²) in [6.45, 7) is 4.38. The van der Waals surface area contributed by atoms with Gasteiger partial charge in [-0.15, -0.1) is 0 Å². The predicted octanol–water partition coefficient (Wildman–Crippen LogP) is 2.40. The second-order valence-electron chi connectivity index (χ2n) is 7.09.